The van der Waals surface area contributed by atoms with Gasteiger partial charge >= 0.3 is 0 Å². The summed E-state index contributed by atoms with van der Waals surface area (Å²) in [6, 6.07) is 4.67. The van der Waals surface area contributed by atoms with Crippen LogP contribution in [0.15, 0.2) is 23.1 Å². The summed E-state index contributed by atoms with van der Waals surface area (Å²) in [6.07, 6.45) is 1.00. The molecule has 0 bridgehead atoms. The fourth-order valence-electron chi connectivity index (χ4n) is 1.50. The zero-order chi connectivity index (χ0) is 14.0. The van der Waals surface area contributed by atoms with Crippen LogP contribution < -0.4 is 16.2 Å². The van der Waals surface area contributed by atoms with Crippen LogP contribution in [0.2, 0.25) is 0 Å². The second-order valence-corrected chi connectivity index (χ2v) is 7.06. The zero-order valence-corrected chi connectivity index (χ0v) is 11.8. The van der Waals surface area contributed by atoms with Crippen LogP contribution >= 0.6 is 0 Å². The van der Waals surface area contributed by atoms with E-state index < -0.39 is 10.0 Å². The lowest BCUT2D eigenvalue weighted by Crippen LogP contribution is -2.15. The Hall–Kier alpha value is -1.27. The number of hydrogen-bond donors (Lipinski definition) is 3. The topological polar surface area (TPSA) is 98.2 Å². The van der Waals surface area contributed by atoms with Crippen LogP contribution in [0.25, 0.3) is 0 Å². The van der Waals surface area contributed by atoms with Gasteiger partial charge in [0.05, 0.1) is 5.69 Å². The van der Waals surface area contributed by atoms with Crippen molar-refractivity contribution in [3.05, 3.63) is 18.2 Å². The Morgan fingerprint density at radius 1 is 1.28 bits per heavy atom. The van der Waals surface area contributed by atoms with Crippen molar-refractivity contribution >= 4 is 21.4 Å². The van der Waals surface area contributed by atoms with Crippen molar-refractivity contribution in [1.82, 2.24) is 0 Å². The minimum absolute atomic E-state index is 0.0381. The van der Waals surface area contributed by atoms with E-state index in [9.17, 15) is 8.42 Å². The van der Waals surface area contributed by atoms with Crippen molar-refractivity contribution in [3.8, 4) is 0 Å². The average molecular weight is 271 g/mol. The van der Waals surface area contributed by atoms with E-state index in [1.165, 1.54) is 6.07 Å². The molecule has 0 atom stereocenters. The Labute approximate surface area is 109 Å². The van der Waals surface area contributed by atoms with Crippen molar-refractivity contribution in [2.45, 2.75) is 32.1 Å². The molecule has 1 aromatic carbocycles. The van der Waals surface area contributed by atoms with Crippen LogP contribution in [-0.2, 0) is 10.0 Å². The van der Waals surface area contributed by atoms with Gasteiger partial charge in [-0.25, -0.2) is 13.6 Å². The second kappa shape index (κ2) is 5.16. The smallest absolute Gasteiger partial charge is 0.240 e. The van der Waals surface area contributed by atoms with Gasteiger partial charge in [0.1, 0.15) is 4.90 Å². The summed E-state index contributed by atoms with van der Waals surface area (Å²) in [6.45, 7) is 7.28. The van der Waals surface area contributed by atoms with Crippen LogP contribution in [0.3, 0.4) is 0 Å². The number of rotatable bonds is 4. The molecule has 0 fully saturated rings. The molecule has 18 heavy (non-hydrogen) atoms. The number of anilines is 2. The normalized spacial score (nSPS) is 12.4. The predicted molar refractivity (Wildman–Crippen MR) is 74.8 cm³/mol. The molecule has 1 aromatic rings. The summed E-state index contributed by atoms with van der Waals surface area (Å²) in [4.78, 5) is -0.0381. The third-order valence-corrected chi connectivity index (χ3v) is 3.51. The minimum atomic E-state index is -3.75. The van der Waals surface area contributed by atoms with Crippen molar-refractivity contribution in [1.29, 1.82) is 0 Å². The lowest BCUT2D eigenvalue weighted by molar-refractivity contribution is 0.390. The molecule has 0 aliphatic rings. The fourth-order valence-corrected chi connectivity index (χ4v) is 2.14. The van der Waals surface area contributed by atoms with Crippen molar-refractivity contribution in [3.63, 3.8) is 0 Å². The maximum absolute atomic E-state index is 11.2. The Morgan fingerprint density at radius 3 is 2.33 bits per heavy atom. The third kappa shape index (κ3) is 4.54. The van der Waals surface area contributed by atoms with Crippen molar-refractivity contribution < 1.29 is 8.42 Å². The van der Waals surface area contributed by atoms with Gasteiger partial charge in [0.25, 0.3) is 0 Å². The standard InChI is InChI=1S/C12H21N3O2S/c1-12(2,3)6-7-15-9-4-5-11(10(13)8-9)18(14,16)17/h4-5,8,15H,6-7,13H2,1-3H3,(H2,14,16,17). The number of nitrogen functional groups attached to an aromatic ring is 1. The number of benzene rings is 1. The highest BCUT2D eigenvalue weighted by Gasteiger charge is 2.13. The van der Waals surface area contributed by atoms with E-state index in [1.807, 2.05) is 0 Å². The molecule has 0 spiro atoms. The van der Waals surface area contributed by atoms with Gasteiger partial charge in [0.15, 0.2) is 0 Å². The maximum atomic E-state index is 11.2. The molecule has 0 amide bonds. The van der Waals surface area contributed by atoms with Crippen LogP contribution in [0.1, 0.15) is 27.2 Å². The SMILES string of the molecule is CC(C)(C)CCNc1ccc(S(N)(=O)=O)c(N)c1. The summed E-state index contributed by atoms with van der Waals surface area (Å²) >= 11 is 0. The van der Waals surface area contributed by atoms with E-state index in [0.29, 0.717) is 0 Å². The molecule has 102 valence electrons. The Kier molecular flexibility index (Phi) is 4.24. The second-order valence-electron chi connectivity index (χ2n) is 5.54. The summed E-state index contributed by atoms with van der Waals surface area (Å²) < 4.78 is 22.4. The van der Waals surface area contributed by atoms with Gasteiger partial charge in [-0.3, -0.25) is 0 Å². The molecule has 1 rings (SSSR count). The van der Waals surface area contributed by atoms with E-state index in [2.05, 4.69) is 26.1 Å². The van der Waals surface area contributed by atoms with E-state index in [4.69, 9.17) is 10.9 Å². The monoisotopic (exact) mass is 271 g/mol. The minimum Gasteiger partial charge on any atom is -0.398 e. The van der Waals surface area contributed by atoms with Gasteiger partial charge in [0, 0.05) is 12.2 Å². The first-order valence-electron chi connectivity index (χ1n) is 5.76. The first-order valence-corrected chi connectivity index (χ1v) is 7.30. The van der Waals surface area contributed by atoms with Gasteiger partial charge in [-0.2, -0.15) is 0 Å². The molecule has 0 aromatic heterocycles. The Morgan fingerprint density at radius 2 is 1.89 bits per heavy atom. The van der Waals surface area contributed by atoms with E-state index in [0.717, 1.165) is 18.7 Å². The maximum Gasteiger partial charge on any atom is 0.240 e. The molecule has 5 nitrogen and oxygen atoms in total. The Bertz CT molecular complexity index is 519. The molecular weight excluding hydrogens is 250 g/mol. The van der Waals surface area contributed by atoms with Gasteiger partial charge < -0.3 is 11.1 Å². The number of hydrogen-bond acceptors (Lipinski definition) is 4. The molecular formula is C12H21N3O2S. The summed E-state index contributed by atoms with van der Waals surface area (Å²) in [5, 5.41) is 8.24. The molecule has 5 N–H and O–H groups in total. The lowest BCUT2D eigenvalue weighted by Gasteiger charge is -2.18. The highest BCUT2D eigenvalue weighted by Crippen LogP contribution is 2.22. The average Bonchev–Trinajstić information content (AvgIpc) is 2.13. The highest BCUT2D eigenvalue weighted by molar-refractivity contribution is 7.89. The van der Waals surface area contributed by atoms with E-state index >= 15 is 0 Å². The number of nitrogens with one attached hydrogen (secondary N) is 1. The quantitative estimate of drug-likeness (QED) is 0.727. The van der Waals surface area contributed by atoms with Gasteiger partial charge in [0.2, 0.25) is 10.0 Å². The molecule has 0 aliphatic heterocycles. The molecule has 0 aliphatic carbocycles. The van der Waals surface area contributed by atoms with Crippen LogP contribution in [0, 0.1) is 5.41 Å². The first kappa shape index (κ1) is 14.8. The summed E-state index contributed by atoms with van der Waals surface area (Å²) in [5.41, 5.74) is 6.88. The molecule has 0 saturated heterocycles. The van der Waals surface area contributed by atoms with Crippen LogP contribution in [0.4, 0.5) is 11.4 Å². The molecule has 0 heterocycles. The van der Waals surface area contributed by atoms with Crippen molar-refractivity contribution in [2.75, 3.05) is 17.6 Å². The number of primary sulfonamides is 1. The predicted octanol–water partition coefficient (Wildman–Crippen LogP) is 1.76. The molecule has 0 unspecified atom stereocenters. The first-order chi connectivity index (χ1) is 8.09. The van der Waals surface area contributed by atoms with E-state index in [1.54, 1.807) is 12.1 Å². The largest absolute Gasteiger partial charge is 0.398 e. The number of sulfonamides is 1. The van der Waals surface area contributed by atoms with Crippen molar-refractivity contribution in [2.24, 2.45) is 10.6 Å². The van der Waals surface area contributed by atoms with E-state index in [-0.39, 0.29) is 16.0 Å². The fraction of sp³-hybridized carbons (Fsp3) is 0.500. The Balaban J connectivity index is 2.74. The molecule has 0 radical (unpaired) electrons. The number of nitrogens with two attached hydrogens (primary N) is 2. The van der Waals surface area contributed by atoms with Crippen LogP contribution in [0.5, 0.6) is 0 Å². The van der Waals surface area contributed by atoms with Gasteiger partial charge in [-0.05, 0) is 30.0 Å². The van der Waals surface area contributed by atoms with Gasteiger partial charge in [-0.15, -0.1) is 0 Å². The zero-order valence-electron chi connectivity index (χ0n) is 11.0. The van der Waals surface area contributed by atoms with Crippen LogP contribution in [-0.4, -0.2) is 15.0 Å². The summed E-state index contributed by atoms with van der Waals surface area (Å²) in [7, 11) is -3.75. The molecule has 6 heteroatoms. The third-order valence-electron chi connectivity index (χ3n) is 2.52. The molecule has 0 saturated carbocycles. The highest BCUT2D eigenvalue weighted by atomic mass is 32.2. The summed E-state index contributed by atoms with van der Waals surface area (Å²) in [5.74, 6) is 0. The van der Waals surface area contributed by atoms with Gasteiger partial charge in [-0.1, -0.05) is 20.8 Å². The lowest BCUT2D eigenvalue weighted by atomic mass is 9.92.